The first-order chi connectivity index (χ1) is 11.6. The summed E-state index contributed by atoms with van der Waals surface area (Å²) < 4.78 is 2.10. The highest BCUT2D eigenvalue weighted by Gasteiger charge is 2.60. The van der Waals surface area contributed by atoms with Crippen LogP contribution in [0.1, 0.15) is 30.6 Å². The van der Waals surface area contributed by atoms with Crippen molar-refractivity contribution in [3.8, 4) is 0 Å². The molecule has 1 aromatic heterocycles. The fourth-order valence-corrected chi connectivity index (χ4v) is 5.99. The second kappa shape index (κ2) is 4.72. The van der Waals surface area contributed by atoms with E-state index in [0.29, 0.717) is 12.5 Å². The molecule has 3 fully saturated rings. The Morgan fingerprint density at radius 1 is 1.38 bits per heavy atom. The number of quaternary nitrogens is 1. The smallest absolute Gasteiger partial charge is 0.131 e. The number of aromatic nitrogens is 1. The highest BCUT2D eigenvalue weighted by Crippen LogP contribution is 2.58. The number of aryl methyl sites for hydroxylation is 1. The van der Waals surface area contributed by atoms with Gasteiger partial charge in [-0.25, -0.2) is 0 Å². The third-order valence-electron chi connectivity index (χ3n) is 7.05. The zero-order valence-corrected chi connectivity index (χ0v) is 14.3. The average Bonchev–Trinajstić information content (AvgIpc) is 2.86. The summed E-state index contributed by atoms with van der Waals surface area (Å²) in [5.74, 6) is 0.473. The highest BCUT2D eigenvalue weighted by molar-refractivity contribution is 5.86. The fraction of sp³-hybridized carbons (Fsp3) is 0.500. The van der Waals surface area contributed by atoms with Crippen molar-refractivity contribution in [3.05, 3.63) is 52.4 Å². The molecule has 1 N–H and O–H groups in total. The van der Waals surface area contributed by atoms with Crippen molar-refractivity contribution >= 4 is 10.9 Å². The van der Waals surface area contributed by atoms with E-state index in [9.17, 15) is 10.3 Å². The van der Waals surface area contributed by atoms with E-state index in [0.717, 1.165) is 12.8 Å². The second-order valence-electron chi connectivity index (χ2n) is 7.79. The number of benzene rings is 1. The van der Waals surface area contributed by atoms with Gasteiger partial charge < -0.3 is 19.5 Å². The maximum absolute atomic E-state index is 14.0. The molecule has 0 saturated carbocycles. The molecule has 126 valence electrons. The second-order valence-corrected chi connectivity index (χ2v) is 7.79. The van der Waals surface area contributed by atoms with E-state index in [1.165, 1.54) is 27.7 Å². The quantitative estimate of drug-likeness (QED) is 0.498. The van der Waals surface area contributed by atoms with Crippen LogP contribution < -0.4 is 0 Å². The fourth-order valence-electron chi connectivity index (χ4n) is 5.99. The lowest BCUT2D eigenvalue weighted by Crippen LogP contribution is -2.69. The lowest BCUT2D eigenvalue weighted by molar-refractivity contribution is -0.952. The van der Waals surface area contributed by atoms with E-state index >= 15 is 0 Å². The topological polar surface area (TPSA) is 48.2 Å². The minimum Gasteiger partial charge on any atom is -0.632 e. The maximum atomic E-state index is 14.0. The lowest BCUT2D eigenvalue weighted by Gasteiger charge is -2.67. The van der Waals surface area contributed by atoms with E-state index in [1.54, 1.807) is 0 Å². The summed E-state index contributed by atoms with van der Waals surface area (Å²) in [5, 5.41) is 25.3. The summed E-state index contributed by atoms with van der Waals surface area (Å²) in [4.78, 5) is 0. The summed E-state index contributed by atoms with van der Waals surface area (Å²) >= 11 is 0. The average molecular weight is 324 g/mol. The monoisotopic (exact) mass is 324 g/mol. The van der Waals surface area contributed by atoms with Crippen LogP contribution in [-0.4, -0.2) is 33.5 Å². The number of hydroxylamine groups is 3. The van der Waals surface area contributed by atoms with E-state index in [4.69, 9.17) is 0 Å². The summed E-state index contributed by atoms with van der Waals surface area (Å²) in [6, 6.07) is 8.52. The van der Waals surface area contributed by atoms with Crippen molar-refractivity contribution in [1.29, 1.82) is 0 Å². The molecule has 5 atom stereocenters. The van der Waals surface area contributed by atoms with Gasteiger partial charge in [0.15, 0.2) is 0 Å². The molecule has 0 spiro atoms. The van der Waals surface area contributed by atoms with Gasteiger partial charge >= 0.3 is 0 Å². The minimum atomic E-state index is -0.154. The predicted octanol–water partition coefficient (Wildman–Crippen LogP) is 3.05. The Kier molecular flexibility index (Phi) is 2.89. The van der Waals surface area contributed by atoms with Gasteiger partial charge in [0.25, 0.3) is 0 Å². The summed E-state index contributed by atoms with van der Waals surface area (Å²) in [7, 11) is 2.11. The number of piperidine rings is 3. The zero-order valence-electron chi connectivity index (χ0n) is 14.3. The summed E-state index contributed by atoms with van der Waals surface area (Å²) in [5.41, 5.74) is 5.09. The molecule has 5 heterocycles. The van der Waals surface area contributed by atoms with E-state index in [-0.39, 0.29) is 29.3 Å². The Balaban J connectivity index is 1.77. The van der Waals surface area contributed by atoms with Crippen LogP contribution in [0, 0.1) is 17.0 Å². The Morgan fingerprint density at radius 2 is 2.17 bits per heavy atom. The SMILES string of the molecule is CC=C1C[N@@+]2([O-])[C@H]3C[C@@H]1[C@@H](CO)[C@@H]2Cc1c3n(C)c2ccccc12. The van der Waals surface area contributed by atoms with Gasteiger partial charge in [0.2, 0.25) is 0 Å². The lowest BCUT2D eigenvalue weighted by atomic mass is 9.63. The van der Waals surface area contributed by atoms with E-state index in [2.05, 4.69) is 42.0 Å². The Bertz CT molecular complexity index is 868. The molecule has 0 amide bonds. The van der Waals surface area contributed by atoms with Crippen LogP contribution in [0.25, 0.3) is 10.9 Å². The number of allylic oxidation sites excluding steroid dienone is 1. The van der Waals surface area contributed by atoms with Gasteiger partial charge in [0.05, 0.1) is 18.3 Å². The summed E-state index contributed by atoms with van der Waals surface area (Å²) in [6.07, 6.45) is 3.80. The number of hydrogen-bond acceptors (Lipinski definition) is 2. The number of hydrogen-bond donors (Lipinski definition) is 1. The van der Waals surface area contributed by atoms with Gasteiger partial charge in [-0.15, -0.1) is 0 Å². The molecular formula is C20H24N2O2. The van der Waals surface area contributed by atoms with Crippen LogP contribution in [0.2, 0.25) is 0 Å². The number of aliphatic hydroxyl groups is 1. The van der Waals surface area contributed by atoms with Gasteiger partial charge in [-0.05, 0) is 24.1 Å². The first-order valence-electron chi connectivity index (χ1n) is 9.00. The molecule has 4 bridgehead atoms. The van der Waals surface area contributed by atoms with Crippen molar-refractivity contribution in [3.63, 3.8) is 0 Å². The summed E-state index contributed by atoms with van der Waals surface area (Å²) in [6.45, 7) is 2.77. The van der Waals surface area contributed by atoms with Crippen molar-refractivity contribution in [2.75, 3.05) is 13.2 Å². The molecule has 2 aromatic rings. The Morgan fingerprint density at radius 3 is 2.92 bits per heavy atom. The minimum absolute atomic E-state index is 0.000700. The third-order valence-corrected chi connectivity index (χ3v) is 7.05. The third kappa shape index (κ3) is 1.55. The molecule has 4 aliphatic rings. The van der Waals surface area contributed by atoms with Crippen molar-refractivity contribution in [1.82, 2.24) is 4.57 Å². The first kappa shape index (κ1) is 14.7. The number of nitrogens with zero attached hydrogens (tertiary/aromatic N) is 2. The largest absolute Gasteiger partial charge is 0.632 e. The number of rotatable bonds is 1. The molecule has 4 nitrogen and oxygen atoms in total. The van der Waals surface area contributed by atoms with Crippen LogP contribution in [0.4, 0.5) is 0 Å². The molecule has 0 unspecified atom stereocenters. The molecule has 0 radical (unpaired) electrons. The predicted molar refractivity (Wildman–Crippen MR) is 94.1 cm³/mol. The highest BCUT2D eigenvalue weighted by atomic mass is 16.6. The van der Waals surface area contributed by atoms with Crippen LogP contribution >= 0.6 is 0 Å². The van der Waals surface area contributed by atoms with Crippen LogP contribution in [0.5, 0.6) is 0 Å². The normalized spacial score (nSPS) is 38.8. The van der Waals surface area contributed by atoms with Crippen LogP contribution in [-0.2, 0) is 13.5 Å². The van der Waals surface area contributed by atoms with Crippen molar-refractivity contribution in [2.45, 2.75) is 31.8 Å². The molecule has 4 aliphatic heterocycles. The van der Waals surface area contributed by atoms with E-state index < -0.39 is 0 Å². The number of para-hydroxylation sites is 1. The van der Waals surface area contributed by atoms with Crippen LogP contribution in [0.3, 0.4) is 0 Å². The van der Waals surface area contributed by atoms with Gasteiger partial charge in [0.1, 0.15) is 12.6 Å². The van der Waals surface area contributed by atoms with Gasteiger partial charge in [-0.2, -0.15) is 0 Å². The van der Waals surface area contributed by atoms with Crippen molar-refractivity contribution < 1.29 is 9.75 Å². The molecule has 24 heavy (non-hydrogen) atoms. The zero-order chi connectivity index (χ0) is 16.6. The van der Waals surface area contributed by atoms with Gasteiger partial charge in [-0.1, -0.05) is 24.3 Å². The Labute approximate surface area is 142 Å². The maximum Gasteiger partial charge on any atom is 0.131 e. The molecule has 1 aromatic carbocycles. The van der Waals surface area contributed by atoms with Crippen molar-refractivity contribution in [2.24, 2.45) is 18.9 Å². The molecule has 4 heteroatoms. The molecule has 0 aliphatic carbocycles. The number of aliphatic hydroxyl groups excluding tert-OH is 1. The van der Waals surface area contributed by atoms with Gasteiger partial charge in [0, 0.05) is 42.6 Å². The Hall–Kier alpha value is -1.62. The molecular weight excluding hydrogens is 300 g/mol. The van der Waals surface area contributed by atoms with Gasteiger partial charge in [-0.3, -0.25) is 0 Å². The first-order valence-corrected chi connectivity index (χ1v) is 9.00. The molecule has 3 saturated heterocycles. The van der Waals surface area contributed by atoms with E-state index in [1.807, 2.05) is 6.92 Å². The molecule has 6 rings (SSSR count). The number of fused-ring (bicyclic) bond motifs is 4. The standard InChI is InChI=1S/C20H24N2O2/c1-3-12-10-22(24)18-9-15-13-6-4-5-7-17(13)21(2)20(15)19(22)8-14(12)16(18)11-23/h3-7,14,16,18-19,23H,8-11H2,1-2H3/t14-,16+,18-,19-,22-/m0/s1. The van der Waals surface area contributed by atoms with Crippen LogP contribution in [0.15, 0.2) is 35.9 Å².